The molecule has 1 aliphatic rings. The summed E-state index contributed by atoms with van der Waals surface area (Å²) in [4.78, 5) is 63.3. The van der Waals surface area contributed by atoms with Gasteiger partial charge in [0.1, 0.15) is 46.9 Å². The molecule has 1 N–H and O–H groups in total. The molecule has 5 atom stereocenters. The zero-order valence-electron chi connectivity index (χ0n) is 31.5. The number of likely N-dealkylation sites (tertiary alicyclic amines) is 1. The summed E-state index contributed by atoms with van der Waals surface area (Å²) in [6.07, 6.45) is 1.76. The molecule has 1 aromatic heterocycles. The SMILES string of the molecule is COC(C)C(NC(=O)C(C)N(C)C(=O)OC(C)(C)C)C(=O)N1CC(Oc2ccc(F)cc2)CC1CN(CCc1ccc(F)cc1)C(=O)c1cn(C)cn1. The minimum atomic E-state index is -1.19. The molecule has 0 spiro atoms. The third-order valence-electron chi connectivity index (χ3n) is 9.05. The van der Waals surface area contributed by atoms with Crippen LogP contribution in [0.2, 0.25) is 0 Å². The molecule has 1 saturated heterocycles. The van der Waals surface area contributed by atoms with Gasteiger partial charge >= 0.3 is 6.09 Å². The number of nitrogens with one attached hydrogen (secondary N) is 1. The molecule has 0 aliphatic carbocycles. The van der Waals surface area contributed by atoms with E-state index in [0.29, 0.717) is 18.6 Å². The van der Waals surface area contributed by atoms with E-state index in [1.165, 1.54) is 63.8 Å². The zero-order valence-corrected chi connectivity index (χ0v) is 31.5. The van der Waals surface area contributed by atoms with Gasteiger partial charge in [0.05, 0.1) is 25.0 Å². The van der Waals surface area contributed by atoms with Crippen LogP contribution in [0, 0.1) is 11.6 Å². The summed E-state index contributed by atoms with van der Waals surface area (Å²) in [5, 5.41) is 2.78. The van der Waals surface area contributed by atoms with Crippen LogP contribution in [0.3, 0.4) is 0 Å². The number of nitrogens with zero attached hydrogens (tertiary/aromatic N) is 5. The van der Waals surface area contributed by atoms with Crippen molar-refractivity contribution in [3.63, 3.8) is 0 Å². The van der Waals surface area contributed by atoms with Gasteiger partial charge in [-0.25, -0.2) is 18.6 Å². The predicted molar refractivity (Wildman–Crippen MR) is 192 cm³/mol. The molecule has 1 fully saturated rings. The number of hydrogen-bond donors (Lipinski definition) is 1. The van der Waals surface area contributed by atoms with Gasteiger partial charge in [0, 0.05) is 46.9 Å². The topological polar surface area (TPSA) is 136 Å². The quantitative estimate of drug-likeness (QED) is 0.260. The van der Waals surface area contributed by atoms with E-state index in [0.717, 1.165) is 10.5 Å². The number of aryl methyl sites for hydroxylation is 1. The highest BCUT2D eigenvalue weighted by Gasteiger charge is 2.43. The normalized spacial score (nSPS) is 17.4. The largest absolute Gasteiger partial charge is 0.489 e. The number of ether oxygens (including phenoxy) is 3. The number of imidazole rings is 1. The van der Waals surface area contributed by atoms with Gasteiger partial charge in [0.25, 0.3) is 5.91 Å². The molecule has 13 nitrogen and oxygen atoms in total. The molecule has 2 aromatic carbocycles. The van der Waals surface area contributed by atoms with Crippen LogP contribution in [-0.4, -0.2) is 118 Å². The van der Waals surface area contributed by atoms with Crippen molar-refractivity contribution in [2.75, 3.05) is 33.8 Å². The first kappa shape index (κ1) is 40.7. The number of halogens is 2. The molecular weight excluding hydrogens is 690 g/mol. The number of aromatic nitrogens is 2. The van der Waals surface area contributed by atoms with E-state index in [1.807, 2.05) is 0 Å². The second-order valence-electron chi connectivity index (χ2n) is 14.3. The van der Waals surface area contributed by atoms with Crippen LogP contribution in [0.15, 0.2) is 61.1 Å². The van der Waals surface area contributed by atoms with Crippen molar-refractivity contribution in [3.05, 3.63) is 83.9 Å². The Hall–Kier alpha value is -5.05. The summed E-state index contributed by atoms with van der Waals surface area (Å²) < 4.78 is 46.2. The van der Waals surface area contributed by atoms with Gasteiger partial charge in [-0.3, -0.25) is 19.3 Å². The molecule has 53 heavy (non-hydrogen) atoms. The second-order valence-corrected chi connectivity index (χ2v) is 14.3. The smallest absolute Gasteiger partial charge is 0.410 e. The summed E-state index contributed by atoms with van der Waals surface area (Å²) in [7, 11) is 4.60. The third-order valence-corrected chi connectivity index (χ3v) is 9.05. The van der Waals surface area contributed by atoms with Crippen molar-refractivity contribution in [2.24, 2.45) is 7.05 Å². The Morgan fingerprint density at radius 1 is 1.02 bits per heavy atom. The maximum absolute atomic E-state index is 14.6. The fourth-order valence-corrected chi connectivity index (χ4v) is 5.87. The van der Waals surface area contributed by atoms with Gasteiger partial charge in [0.15, 0.2) is 0 Å². The van der Waals surface area contributed by atoms with Crippen molar-refractivity contribution < 1.29 is 42.2 Å². The van der Waals surface area contributed by atoms with Gasteiger partial charge in [-0.1, -0.05) is 12.1 Å². The van der Waals surface area contributed by atoms with Crippen LogP contribution >= 0.6 is 0 Å². The number of amides is 4. The summed E-state index contributed by atoms with van der Waals surface area (Å²) in [5.74, 6) is -1.86. The van der Waals surface area contributed by atoms with Crippen LogP contribution in [-0.2, 0) is 32.5 Å². The van der Waals surface area contributed by atoms with E-state index >= 15 is 0 Å². The van der Waals surface area contributed by atoms with Crippen LogP contribution < -0.4 is 10.1 Å². The fraction of sp³-hybridized carbons (Fsp3) is 0.500. The molecule has 5 unspecified atom stereocenters. The van der Waals surface area contributed by atoms with E-state index in [1.54, 1.807) is 67.4 Å². The van der Waals surface area contributed by atoms with Gasteiger partial charge < -0.3 is 33.9 Å². The zero-order chi connectivity index (χ0) is 39.0. The Morgan fingerprint density at radius 3 is 2.21 bits per heavy atom. The average molecular weight is 741 g/mol. The highest BCUT2D eigenvalue weighted by atomic mass is 19.1. The molecule has 1 aliphatic heterocycles. The van der Waals surface area contributed by atoms with Crippen molar-refractivity contribution in [1.82, 2.24) is 29.6 Å². The number of rotatable bonds is 14. The first-order valence-electron chi connectivity index (χ1n) is 17.5. The summed E-state index contributed by atoms with van der Waals surface area (Å²) >= 11 is 0. The molecule has 2 heterocycles. The van der Waals surface area contributed by atoms with E-state index in [-0.39, 0.29) is 37.1 Å². The van der Waals surface area contributed by atoms with E-state index < -0.39 is 59.7 Å². The summed E-state index contributed by atoms with van der Waals surface area (Å²) in [6, 6.07) is 8.75. The predicted octanol–water partition coefficient (Wildman–Crippen LogP) is 4.21. The Labute approximate surface area is 309 Å². The van der Waals surface area contributed by atoms with Crippen LogP contribution in [0.4, 0.5) is 13.6 Å². The van der Waals surface area contributed by atoms with Gasteiger partial charge in [0.2, 0.25) is 11.8 Å². The van der Waals surface area contributed by atoms with E-state index in [2.05, 4.69) is 10.3 Å². The number of carbonyl (C=O) groups is 4. The standard InChI is InChI=1S/C38H50F2N6O7/c1-24(44(7)37(50)53-38(3,4)5)34(47)42-33(25(2)51-8)36(49)46-21-31(52-30-15-13-28(40)14-16-30)19-29(46)20-45(35(48)32-22-43(6)23-41-32)18-17-26-9-11-27(39)12-10-26/h9-16,22-25,29,31,33H,17-21H2,1-8H3,(H,42,47). The number of benzene rings is 2. The minimum Gasteiger partial charge on any atom is -0.489 e. The van der Waals surface area contributed by atoms with Crippen LogP contribution in [0.25, 0.3) is 0 Å². The van der Waals surface area contributed by atoms with Crippen molar-refractivity contribution >= 4 is 23.8 Å². The van der Waals surface area contributed by atoms with Crippen LogP contribution in [0.1, 0.15) is 57.1 Å². The molecule has 4 rings (SSSR count). The fourth-order valence-electron chi connectivity index (χ4n) is 5.87. The molecule has 4 amide bonds. The third kappa shape index (κ3) is 11.2. The molecule has 0 radical (unpaired) electrons. The first-order chi connectivity index (χ1) is 24.9. The Kier molecular flexibility index (Phi) is 13.6. The molecule has 15 heteroatoms. The maximum Gasteiger partial charge on any atom is 0.410 e. The lowest BCUT2D eigenvalue weighted by Crippen LogP contribution is -2.59. The van der Waals surface area contributed by atoms with E-state index in [4.69, 9.17) is 14.2 Å². The highest BCUT2D eigenvalue weighted by Crippen LogP contribution is 2.26. The van der Waals surface area contributed by atoms with Crippen LogP contribution in [0.5, 0.6) is 5.75 Å². The van der Waals surface area contributed by atoms with Gasteiger partial charge in [-0.2, -0.15) is 0 Å². The highest BCUT2D eigenvalue weighted by molar-refractivity contribution is 5.93. The Bertz CT molecular complexity index is 1710. The lowest BCUT2D eigenvalue weighted by Gasteiger charge is -2.35. The molecular formula is C38H50F2N6O7. The van der Waals surface area contributed by atoms with Gasteiger partial charge in [-0.05, 0) is 83.0 Å². The lowest BCUT2D eigenvalue weighted by molar-refractivity contribution is -0.142. The van der Waals surface area contributed by atoms with Crippen molar-refractivity contribution in [3.8, 4) is 5.75 Å². The van der Waals surface area contributed by atoms with Crippen molar-refractivity contribution in [1.29, 1.82) is 0 Å². The van der Waals surface area contributed by atoms with E-state index in [9.17, 15) is 28.0 Å². The Morgan fingerprint density at radius 2 is 1.64 bits per heavy atom. The average Bonchev–Trinajstić information content (AvgIpc) is 3.73. The molecule has 0 bridgehead atoms. The lowest BCUT2D eigenvalue weighted by atomic mass is 10.1. The molecule has 3 aromatic rings. The minimum absolute atomic E-state index is 0.0748. The number of methoxy groups -OCH3 is 1. The maximum atomic E-state index is 14.6. The first-order valence-corrected chi connectivity index (χ1v) is 17.5. The monoisotopic (exact) mass is 740 g/mol. The summed E-state index contributed by atoms with van der Waals surface area (Å²) in [5.41, 5.74) is 0.235. The molecule has 0 saturated carbocycles. The second kappa shape index (κ2) is 17.6. The Balaban J connectivity index is 1.62. The summed E-state index contributed by atoms with van der Waals surface area (Å²) in [6.45, 7) is 8.69. The molecule has 288 valence electrons. The van der Waals surface area contributed by atoms with Gasteiger partial charge in [-0.15, -0.1) is 0 Å². The number of carbonyl (C=O) groups excluding carboxylic acids is 4. The number of likely N-dealkylation sites (N-methyl/N-ethyl adjacent to an activating group) is 1. The number of hydrogen-bond acceptors (Lipinski definition) is 8. The van der Waals surface area contributed by atoms with Crippen molar-refractivity contribution in [2.45, 2.75) is 83.4 Å².